The highest BCUT2D eigenvalue weighted by molar-refractivity contribution is 8.00. The van der Waals surface area contributed by atoms with Gasteiger partial charge in [0.25, 0.3) is 0 Å². The monoisotopic (exact) mass is 282 g/mol. The standard InChI is InChI=1S/C12H18N4O2S/c17-10(18)6-12(7-13-8-12)19-11-15-14-9-4-2-1-3-5-16(9)11/h13H,1-8H2,(H,17,18). The molecule has 3 heterocycles. The summed E-state index contributed by atoms with van der Waals surface area (Å²) in [6.45, 7) is 2.42. The molecule has 1 saturated heterocycles. The van der Waals surface area contributed by atoms with E-state index in [9.17, 15) is 4.79 Å². The number of aromatic nitrogens is 3. The first kappa shape index (κ1) is 12.9. The Morgan fingerprint density at radius 1 is 1.37 bits per heavy atom. The number of nitrogens with zero attached hydrogens (tertiary/aromatic N) is 3. The van der Waals surface area contributed by atoms with Crippen molar-refractivity contribution in [1.82, 2.24) is 20.1 Å². The summed E-state index contributed by atoms with van der Waals surface area (Å²) in [5.41, 5.74) is 0. The fraction of sp³-hybridized carbons (Fsp3) is 0.750. The summed E-state index contributed by atoms with van der Waals surface area (Å²) < 4.78 is 1.93. The lowest BCUT2D eigenvalue weighted by atomic mass is 9.98. The van der Waals surface area contributed by atoms with Gasteiger partial charge in [0.1, 0.15) is 5.82 Å². The van der Waals surface area contributed by atoms with Crippen LogP contribution in [0.4, 0.5) is 0 Å². The van der Waals surface area contributed by atoms with E-state index < -0.39 is 5.97 Å². The molecule has 1 aromatic rings. The Bertz CT molecular complexity index is 484. The van der Waals surface area contributed by atoms with E-state index in [1.54, 1.807) is 11.8 Å². The quantitative estimate of drug-likeness (QED) is 0.854. The number of carbonyl (C=O) groups is 1. The third kappa shape index (κ3) is 2.62. The van der Waals surface area contributed by atoms with Gasteiger partial charge in [0.2, 0.25) is 0 Å². The SMILES string of the molecule is O=C(O)CC1(Sc2nnc3n2CCCCC3)CNC1. The Kier molecular flexibility index (Phi) is 3.49. The van der Waals surface area contributed by atoms with E-state index in [2.05, 4.69) is 20.1 Å². The second kappa shape index (κ2) is 5.13. The zero-order valence-corrected chi connectivity index (χ0v) is 11.6. The number of aryl methyl sites for hydroxylation is 1. The number of hydrogen-bond donors (Lipinski definition) is 2. The second-order valence-corrected chi connectivity index (χ2v) is 6.76. The molecule has 0 saturated carbocycles. The van der Waals surface area contributed by atoms with Gasteiger partial charge in [-0.3, -0.25) is 4.79 Å². The molecule has 0 unspecified atom stereocenters. The molecule has 0 spiro atoms. The van der Waals surface area contributed by atoms with Crippen LogP contribution in [-0.2, 0) is 17.8 Å². The van der Waals surface area contributed by atoms with Crippen molar-refractivity contribution in [3.8, 4) is 0 Å². The van der Waals surface area contributed by atoms with Crippen LogP contribution in [0.15, 0.2) is 5.16 Å². The summed E-state index contributed by atoms with van der Waals surface area (Å²) in [4.78, 5) is 11.0. The lowest BCUT2D eigenvalue weighted by Crippen LogP contribution is -2.58. The number of hydrogen-bond acceptors (Lipinski definition) is 5. The summed E-state index contributed by atoms with van der Waals surface area (Å²) >= 11 is 1.58. The van der Waals surface area contributed by atoms with Crippen LogP contribution in [0.3, 0.4) is 0 Å². The Hall–Kier alpha value is -1.08. The van der Waals surface area contributed by atoms with Gasteiger partial charge in [0.15, 0.2) is 5.16 Å². The minimum atomic E-state index is -0.746. The van der Waals surface area contributed by atoms with Gasteiger partial charge in [-0.2, -0.15) is 0 Å². The van der Waals surface area contributed by atoms with Gasteiger partial charge in [-0.15, -0.1) is 10.2 Å². The molecule has 2 aliphatic heterocycles. The van der Waals surface area contributed by atoms with Gasteiger partial charge in [-0.25, -0.2) is 0 Å². The highest BCUT2D eigenvalue weighted by Gasteiger charge is 2.41. The van der Waals surface area contributed by atoms with Crippen LogP contribution in [0.1, 0.15) is 31.5 Å². The Labute approximate surface area is 116 Å². The van der Waals surface area contributed by atoms with E-state index in [0.717, 1.165) is 43.5 Å². The predicted molar refractivity (Wildman–Crippen MR) is 71.3 cm³/mol. The molecule has 7 heteroatoms. The maximum absolute atomic E-state index is 11.0. The Morgan fingerprint density at radius 2 is 2.21 bits per heavy atom. The molecule has 2 N–H and O–H groups in total. The molecule has 3 rings (SSSR count). The van der Waals surface area contributed by atoms with Gasteiger partial charge in [0, 0.05) is 26.1 Å². The fourth-order valence-electron chi connectivity index (χ4n) is 2.64. The van der Waals surface area contributed by atoms with Crippen LogP contribution in [-0.4, -0.2) is 43.7 Å². The first-order chi connectivity index (χ1) is 9.19. The topological polar surface area (TPSA) is 80.0 Å². The molecule has 0 aromatic carbocycles. The lowest BCUT2D eigenvalue weighted by Gasteiger charge is -2.40. The van der Waals surface area contributed by atoms with Gasteiger partial charge in [-0.1, -0.05) is 18.2 Å². The van der Waals surface area contributed by atoms with Crippen molar-refractivity contribution >= 4 is 17.7 Å². The largest absolute Gasteiger partial charge is 0.481 e. The maximum atomic E-state index is 11.0. The molecule has 104 valence electrons. The second-order valence-electron chi connectivity index (χ2n) is 5.32. The molecule has 0 bridgehead atoms. The number of nitrogens with one attached hydrogen (secondary N) is 1. The fourth-order valence-corrected chi connectivity index (χ4v) is 3.96. The summed E-state index contributed by atoms with van der Waals surface area (Å²) in [7, 11) is 0. The van der Waals surface area contributed by atoms with Crippen molar-refractivity contribution in [3.63, 3.8) is 0 Å². The first-order valence-electron chi connectivity index (χ1n) is 6.72. The van der Waals surface area contributed by atoms with Crippen molar-refractivity contribution in [3.05, 3.63) is 5.82 Å². The maximum Gasteiger partial charge on any atom is 0.304 e. The van der Waals surface area contributed by atoms with Crippen LogP contribution in [0.5, 0.6) is 0 Å². The summed E-state index contributed by atoms with van der Waals surface area (Å²) in [6, 6.07) is 0. The average Bonchev–Trinajstić information content (AvgIpc) is 2.56. The molecule has 0 radical (unpaired) electrons. The molecule has 6 nitrogen and oxygen atoms in total. The third-order valence-corrected chi connectivity index (χ3v) is 5.10. The van der Waals surface area contributed by atoms with E-state index in [4.69, 9.17) is 5.11 Å². The number of carboxylic acid groups (broad SMARTS) is 1. The summed E-state index contributed by atoms with van der Waals surface area (Å²) in [5.74, 6) is 0.308. The number of carboxylic acids is 1. The van der Waals surface area contributed by atoms with Gasteiger partial charge >= 0.3 is 5.97 Å². The molecular formula is C12H18N4O2S. The molecule has 0 aliphatic carbocycles. The molecule has 0 atom stereocenters. The molecule has 1 fully saturated rings. The van der Waals surface area contributed by atoms with Crippen LogP contribution in [0.2, 0.25) is 0 Å². The molecule has 1 aromatic heterocycles. The Morgan fingerprint density at radius 3 is 2.89 bits per heavy atom. The normalized spacial score (nSPS) is 21.3. The minimum Gasteiger partial charge on any atom is -0.481 e. The van der Waals surface area contributed by atoms with Crippen molar-refractivity contribution in [2.75, 3.05) is 13.1 Å². The molecular weight excluding hydrogens is 264 g/mol. The first-order valence-corrected chi connectivity index (χ1v) is 7.54. The number of thioether (sulfide) groups is 1. The molecule has 2 aliphatic rings. The van der Waals surface area contributed by atoms with E-state index in [0.29, 0.717) is 0 Å². The van der Waals surface area contributed by atoms with E-state index >= 15 is 0 Å². The van der Waals surface area contributed by atoms with Crippen molar-refractivity contribution < 1.29 is 9.90 Å². The third-order valence-electron chi connectivity index (χ3n) is 3.75. The van der Waals surface area contributed by atoms with Gasteiger partial charge < -0.3 is 15.0 Å². The van der Waals surface area contributed by atoms with E-state index in [1.165, 1.54) is 12.8 Å². The number of fused-ring (bicyclic) bond motifs is 1. The smallest absolute Gasteiger partial charge is 0.304 e. The zero-order chi connectivity index (χ0) is 13.3. The van der Waals surface area contributed by atoms with Crippen LogP contribution in [0.25, 0.3) is 0 Å². The molecule has 0 amide bonds. The van der Waals surface area contributed by atoms with E-state index in [1.807, 2.05) is 0 Å². The number of rotatable bonds is 4. The highest BCUT2D eigenvalue weighted by atomic mass is 32.2. The zero-order valence-electron chi connectivity index (χ0n) is 10.8. The Balaban J connectivity index is 1.79. The summed E-state index contributed by atoms with van der Waals surface area (Å²) in [6.07, 6.45) is 4.72. The van der Waals surface area contributed by atoms with Crippen molar-refractivity contribution in [1.29, 1.82) is 0 Å². The lowest BCUT2D eigenvalue weighted by molar-refractivity contribution is -0.138. The molecule has 19 heavy (non-hydrogen) atoms. The number of aliphatic carboxylic acids is 1. The van der Waals surface area contributed by atoms with Crippen LogP contribution in [0, 0.1) is 0 Å². The van der Waals surface area contributed by atoms with E-state index in [-0.39, 0.29) is 11.2 Å². The van der Waals surface area contributed by atoms with Crippen LogP contribution >= 0.6 is 11.8 Å². The van der Waals surface area contributed by atoms with Gasteiger partial charge in [-0.05, 0) is 12.8 Å². The van der Waals surface area contributed by atoms with Gasteiger partial charge in [0.05, 0.1) is 11.2 Å². The highest BCUT2D eigenvalue weighted by Crippen LogP contribution is 2.38. The van der Waals surface area contributed by atoms with Crippen molar-refractivity contribution in [2.45, 2.75) is 48.6 Å². The average molecular weight is 282 g/mol. The summed E-state index contributed by atoms with van der Waals surface area (Å²) in [5, 5.41) is 21.6. The predicted octanol–water partition coefficient (Wildman–Crippen LogP) is 0.913. The van der Waals surface area contributed by atoms with Crippen LogP contribution < -0.4 is 5.32 Å². The van der Waals surface area contributed by atoms with Crippen molar-refractivity contribution in [2.24, 2.45) is 0 Å². The minimum absolute atomic E-state index is 0.173.